The molecule has 1 aromatic carbocycles. The zero-order chi connectivity index (χ0) is 14.4. The fourth-order valence-electron chi connectivity index (χ4n) is 1.81. The Labute approximate surface area is 129 Å². The van der Waals surface area contributed by atoms with Crippen LogP contribution in [0.4, 0.5) is 0 Å². The number of hydrogen-bond donors (Lipinski definition) is 0. The fraction of sp³-hybridized carbons (Fsp3) is 0.600. The monoisotopic (exact) mass is 348 g/mol. The molecule has 0 aromatic heterocycles. The van der Waals surface area contributed by atoms with Crippen molar-refractivity contribution < 1.29 is 9.47 Å². The minimum absolute atomic E-state index is 0.0331. The van der Waals surface area contributed by atoms with Crippen LogP contribution in [0.15, 0.2) is 16.6 Å². The molecule has 0 saturated heterocycles. The predicted octanol–water partition coefficient (Wildman–Crippen LogP) is 5.57. The highest BCUT2D eigenvalue weighted by molar-refractivity contribution is 9.10. The number of benzene rings is 1. The highest BCUT2D eigenvalue weighted by Gasteiger charge is 2.20. The lowest BCUT2D eigenvalue weighted by Crippen LogP contribution is -2.05. The summed E-state index contributed by atoms with van der Waals surface area (Å²) in [6.07, 6.45) is 1.04. The number of rotatable bonds is 7. The highest BCUT2D eigenvalue weighted by Crippen LogP contribution is 2.41. The summed E-state index contributed by atoms with van der Waals surface area (Å²) in [6, 6.07) is 3.93. The minimum atomic E-state index is -0.0331. The van der Waals surface area contributed by atoms with E-state index in [1.807, 2.05) is 26.0 Å². The molecule has 0 amide bonds. The molecule has 2 unspecified atom stereocenters. The molecule has 1 rings (SSSR count). The van der Waals surface area contributed by atoms with Gasteiger partial charge in [0.05, 0.1) is 18.6 Å². The number of alkyl halides is 1. The molecule has 0 bridgehead atoms. The second-order valence-corrected chi connectivity index (χ2v) is 5.80. The van der Waals surface area contributed by atoms with Gasteiger partial charge in [0.25, 0.3) is 0 Å². The van der Waals surface area contributed by atoms with Gasteiger partial charge in [-0.3, -0.25) is 0 Å². The van der Waals surface area contributed by atoms with Crippen molar-refractivity contribution in [3.05, 3.63) is 22.2 Å². The Kier molecular flexibility index (Phi) is 7.01. The molecule has 0 saturated carbocycles. The first-order chi connectivity index (χ1) is 9.04. The van der Waals surface area contributed by atoms with Gasteiger partial charge in [-0.1, -0.05) is 36.2 Å². The van der Waals surface area contributed by atoms with Crippen molar-refractivity contribution in [2.24, 2.45) is 5.92 Å². The fourth-order valence-corrected chi connectivity index (χ4v) is 2.87. The van der Waals surface area contributed by atoms with E-state index in [0.29, 0.717) is 19.1 Å². The minimum Gasteiger partial charge on any atom is -0.490 e. The van der Waals surface area contributed by atoms with Gasteiger partial charge in [-0.05, 0) is 37.5 Å². The second kappa shape index (κ2) is 8.01. The third-order valence-corrected chi connectivity index (χ3v) is 4.46. The lowest BCUT2D eigenvalue weighted by molar-refractivity contribution is 0.287. The zero-order valence-electron chi connectivity index (χ0n) is 12.0. The summed E-state index contributed by atoms with van der Waals surface area (Å²) in [4.78, 5) is 0. The molecule has 108 valence electrons. The van der Waals surface area contributed by atoms with Crippen molar-refractivity contribution in [3.63, 3.8) is 0 Å². The van der Waals surface area contributed by atoms with E-state index in [1.165, 1.54) is 0 Å². The first-order valence-electron chi connectivity index (χ1n) is 6.78. The van der Waals surface area contributed by atoms with Gasteiger partial charge in [-0.15, -0.1) is 11.6 Å². The largest absolute Gasteiger partial charge is 0.490 e. The molecule has 0 heterocycles. The molecule has 0 fully saturated rings. The number of hydrogen-bond acceptors (Lipinski definition) is 2. The molecule has 2 atom stereocenters. The van der Waals surface area contributed by atoms with Gasteiger partial charge in [-0.25, -0.2) is 0 Å². The number of ether oxygens (including phenoxy) is 2. The molecular weight excluding hydrogens is 328 g/mol. The quantitative estimate of drug-likeness (QED) is 0.599. The van der Waals surface area contributed by atoms with Gasteiger partial charge >= 0.3 is 0 Å². The van der Waals surface area contributed by atoms with Crippen molar-refractivity contribution in [3.8, 4) is 11.5 Å². The first-order valence-corrected chi connectivity index (χ1v) is 8.01. The van der Waals surface area contributed by atoms with Crippen LogP contribution in [0.1, 0.15) is 45.1 Å². The highest BCUT2D eigenvalue weighted by atomic mass is 79.9. The lowest BCUT2D eigenvalue weighted by Gasteiger charge is -2.20. The van der Waals surface area contributed by atoms with E-state index in [2.05, 4.69) is 29.8 Å². The molecule has 0 spiro atoms. The molecule has 19 heavy (non-hydrogen) atoms. The van der Waals surface area contributed by atoms with Gasteiger partial charge in [-0.2, -0.15) is 0 Å². The molecule has 2 nitrogen and oxygen atoms in total. The summed E-state index contributed by atoms with van der Waals surface area (Å²) in [5, 5.41) is -0.0331. The molecular formula is C15H22BrClO2. The van der Waals surface area contributed by atoms with Crippen molar-refractivity contribution in [1.82, 2.24) is 0 Å². The van der Waals surface area contributed by atoms with E-state index in [0.717, 1.165) is 28.0 Å². The summed E-state index contributed by atoms with van der Waals surface area (Å²) < 4.78 is 12.2. The average Bonchev–Trinajstić information content (AvgIpc) is 2.40. The molecule has 0 aliphatic heterocycles. The van der Waals surface area contributed by atoms with Crippen LogP contribution in [0.25, 0.3) is 0 Å². The van der Waals surface area contributed by atoms with E-state index in [-0.39, 0.29) is 5.38 Å². The number of halogens is 2. The Balaban J connectivity index is 3.15. The zero-order valence-corrected chi connectivity index (χ0v) is 14.3. The smallest absolute Gasteiger partial charge is 0.162 e. The van der Waals surface area contributed by atoms with Crippen molar-refractivity contribution in [2.45, 2.75) is 39.5 Å². The van der Waals surface area contributed by atoms with Gasteiger partial charge < -0.3 is 9.47 Å². The Bertz CT molecular complexity index is 409. The van der Waals surface area contributed by atoms with E-state index < -0.39 is 0 Å². The van der Waals surface area contributed by atoms with E-state index in [4.69, 9.17) is 21.1 Å². The van der Waals surface area contributed by atoms with Crippen molar-refractivity contribution >= 4 is 27.5 Å². The van der Waals surface area contributed by atoms with Crippen LogP contribution in [0.5, 0.6) is 11.5 Å². The average molecular weight is 350 g/mol. The normalized spacial score (nSPS) is 14.0. The predicted molar refractivity (Wildman–Crippen MR) is 84.5 cm³/mol. The van der Waals surface area contributed by atoms with Crippen LogP contribution in [-0.4, -0.2) is 13.2 Å². The van der Waals surface area contributed by atoms with Crippen LogP contribution in [0, 0.1) is 5.92 Å². The van der Waals surface area contributed by atoms with Crippen molar-refractivity contribution in [1.29, 1.82) is 0 Å². The van der Waals surface area contributed by atoms with Crippen LogP contribution < -0.4 is 9.47 Å². The van der Waals surface area contributed by atoms with Gasteiger partial charge in [0, 0.05) is 4.47 Å². The standard InChI is InChI=1S/C15H22BrClO2/c1-5-10(4)15(17)11-8-13(18-6-2)14(19-7-3)9-12(11)16/h8-10,15H,5-7H2,1-4H3. The van der Waals surface area contributed by atoms with Crippen LogP contribution in [0.3, 0.4) is 0 Å². The molecule has 1 aromatic rings. The Morgan fingerprint density at radius 1 is 1.11 bits per heavy atom. The Hall–Kier alpha value is -0.410. The maximum atomic E-state index is 6.54. The van der Waals surface area contributed by atoms with Gasteiger partial charge in [0.15, 0.2) is 11.5 Å². The second-order valence-electron chi connectivity index (χ2n) is 4.47. The third-order valence-electron chi connectivity index (χ3n) is 3.10. The van der Waals surface area contributed by atoms with Gasteiger partial charge in [0.2, 0.25) is 0 Å². The molecule has 4 heteroatoms. The van der Waals surface area contributed by atoms with E-state index in [9.17, 15) is 0 Å². The summed E-state index contributed by atoms with van der Waals surface area (Å²) in [7, 11) is 0. The maximum absolute atomic E-state index is 6.54. The Morgan fingerprint density at radius 3 is 2.11 bits per heavy atom. The van der Waals surface area contributed by atoms with Crippen LogP contribution >= 0.6 is 27.5 Å². The topological polar surface area (TPSA) is 18.5 Å². The van der Waals surface area contributed by atoms with Crippen molar-refractivity contribution in [2.75, 3.05) is 13.2 Å². The lowest BCUT2D eigenvalue weighted by atomic mass is 9.98. The van der Waals surface area contributed by atoms with E-state index >= 15 is 0 Å². The van der Waals surface area contributed by atoms with Gasteiger partial charge in [0.1, 0.15) is 0 Å². The molecule has 0 aliphatic rings. The summed E-state index contributed by atoms with van der Waals surface area (Å²) in [6.45, 7) is 9.44. The van der Waals surface area contributed by atoms with E-state index in [1.54, 1.807) is 0 Å². The summed E-state index contributed by atoms with van der Waals surface area (Å²) in [5.74, 6) is 1.93. The Morgan fingerprint density at radius 2 is 1.63 bits per heavy atom. The molecule has 0 radical (unpaired) electrons. The summed E-state index contributed by atoms with van der Waals surface area (Å²) in [5.41, 5.74) is 1.06. The molecule has 0 aliphatic carbocycles. The maximum Gasteiger partial charge on any atom is 0.162 e. The molecule has 0 N–H and O–H groups in total. The van der Waals surface area contributed by atoms with Crippen LogP contribution in [0.2, 0.25) is 0 Å². The first kappa shape index (κ1) is 16.6. The van der Waals surface area contributed by atoms with Crippen LogP contribution in [-0.2, 0) is 0 Å². The summed E-state index contributed by atoms with van der Waals surface area (Å²) >= 11 is 10.1. The SMILES string of the molecule is CCOc1cc(Br)c(C(Cl)C(C)CC)cc1OCC. The third kappa shape index (κ3) is 4.28.